The Labute approximate surface area is 210 Å². The Morgan fingerprint density at radius 2 is 1.62 bits per heavy atom. The molecule has 0 spiro atoms. The topological polar surface area (TPSA) is 64.4 Å². The van der Waals surface area contributed by atoms with Crippen molar-refractivity contribution in [1.29, 1.82) is 0 Å². The van der Waals surface area contributed by atoms with Gasteiger partial charge in [0.05, 0.1) is 12.8 Å². The summed E-state index contributed by atoms with van der Waals surface area (Å²) in [7, 11) is 1.49. The maximum absolute atomic E-state index is 13.9. The van der Waals surface area contributed by atoms with Crippen LogP contribution in [0.1, 0.15) is 38.5 Å². The predicted octanol–water partition coefficient (Wildman–Crippen LogP) is 5.97. The zero-order valence-electron chi connectivity index (χ0n) is 19.8. The highest BCUT2D eigenvalue weighted by molar-refractivity contribution is 6.07. The van der Waals surface area contributed by atoms with E-state index >= 15 is 0 Å². The van der Waals surface area contributed by atoms with E-state index in [4.69, 9.17) is 4.74 Å². The smallest absolute Gasteiger partial charge is 0.435 e. The molecule has 1 aliphatic rings. The van der Waals surface area contributed by atoms with Crippen LogP contribution >= 0.6 is 0 Å². The molecule has 0 aliphatic carbocycles. The van der Waals surface area contributed by atoms with Crippen LogP contribution in [0.25, 0.3) is 16.8 Å². The van der Waals surface area contributed by atoms with Crippen LogP contribution in [0.3, 0.4) is 0 Å². The number of carbonyl (C=O) groups is 2. The molecule has 188 valence electrons. The van der Waals surface area contributed by atoms with E-state index in [1.807, 2.05) is 12.1 Å². The standard InChI is InChI=1S/C28H22F3N3O3/c1-37-22-14-12-21(13-15-22)34-25-24(26(32-34)28(29,30)31)7-4-16-33(27(25)36)20-10-8-18(9-11-20)23-6-3-2-5-19(23)17-35/h2-3,5-6,8-15,17H,4,7,16H2,1H3. The highest BCUT2D eigenvalue weighted by Gasteiger charge is 2.42. The van der Waals surface area contributed by atoms with Crippen molar-refractivity contribution >= 4 is 17.9 Å². The molecule has 1 aromatic heterocycles. The highest BCUT2D eigenvalue weighted by Crippen LogP contribution is 2.37. The molecule has 1 aliphatic heterocycles. The minimum Gasteiger partial charge on any atom is -0.497 e. The Bertz CT molecular complexity index is 1460. The summed E-state index contributed by atoms with van der Waals surface area (Å²) in [5.74, 6) is -0.0328. The molecule has 6 nitrogen and oxygen atoms in total. The first kappa shape index (κ1) is 24.3. The van der Waals surface area contributed by atoms with Crippen molar-refractivity contribution in [3.8, 4) is 22.6 Å². The quantitative estimate of drug-likeness (QED) is 0.314. The second kappa shape index (κ2) is 9.57. The van der Waals surface area contributed by atoms with Crippen LogP contribution in [0.2, 0.25) is 0 Å². The third-order valence-corrected chi connectivity index (χ3v) is 6.40. The van der Waals surface area contributed by atoms with Crippen molar-refractivity contribution in [1.82, 2.24) is 9.78 Å². The summed E-state index contributed by atoms with van der Waals surface area (Å²) in [5.41, 5.74) is 1.68. The molecule has 2 heterocycles. The van der Waals surface area contributed by atoms with E-state index in [0.29, 0.717) is 29.1 Å². The number of aldehydes is 1. The Hall–Kier alpha value is -4.40. The Balaban J connectivity index is 1.57. The highest BCUT2D eigenvalue weighted by atomic mass is 19.4. The molecule has 37 heavy (non-hydrogen) atoms. The first-order valence-electron chi connectivity index (χ1n) is 11.6. The molecule has 0 atom stereocenters. The second-order valence-electron chi connectivity index (χ2n) is 8.60. The average Bonchev–Trinajstić information content (AvgIpc) is 3.23. The van der Waals surface area contributed by atoms with E-state index in [1.165, 1.54) is 12.0 Å². The van der Waals surface area contributed by atoms with Crippen LogP contribution in [-0.2, 0) is 12.6 Å². The van der Waals surface area contributed by atoms with E-state index < -0.39 is 17.8 Å². The molecular weight excluding hydrogens is 483 g/mol. The van der Waals surface area contributed by atoms with Crippen LogP contribution in [0.5, 0.6) is 5.75 Å². The maximum Gasteiger partial charge on any atom is 0.435 e. The molecule has 0 saturated carbocycles. The third-order valence-electron chi connectivity index (χ3n) is 6.40. The molecule has 5 rings (SSSR count). The number of hydrogen-bond acceptors (Lipinski definition) is 4. The van der Waals surface area contributed by atoms with Gasteiger partial charge in [0.15, 0.2) is 12.0 Å². The molecule has 3 aromatic carbocycles. The van der Waals surface area contributed by atoms with Gasteiger partial charge in [0, 0.05) is 23.4 Å². The van der Waals surface area contributed by atoms with Gasteiger partial charge < -0.3 is 9.64 Å². The van der Waals surface area contributed by atoms with E-state index in [9.17, 15) is 22.8 Å². The van der Waals surface area contributed by atoms with E-state index in [1.54, 1.807) is 60.7 Å². The fourth-order valence-corrected chi connectivity index (χ4v) is 4.62. The minimum absolute atomic E-state index is 0.0629. The summed E-state index contributed by atoms with van der Waals surface area (Å²) >= 11 is 0. The van der Waals surface area contributed by atoms with Gasteiger partial charge in [-0.1, -0.05) is 36.4 Å². The number of benzene rings is 3. The molecule has 0 fully saturated rings. The fraction of sp³-hybridized carbons (Fsp3) is 0.179. The molecule has 0 unspecified atom stereocenters. The van der Waals surface area contributed by atoms with Gasteiger partial charge in [-0.25, -0.2) is 4.68 Å². The largest absolute Gasteiger partial charge is 0.497 e. The van der Waals surface area contributed by atoms with Crippen LogP contribution in [0.4, 0.5) is 18.9 Å². The van der Waals surface area contributed by atoms with Gasteiger partial charge >= 0.3 is 6.18 Å². The summed E-state index contributed by atoms with van der Waals surface area (Å²) in [6.07, 6.45) is -3.52. The number of nitrogens with zero attached hydrogens (tertiary/aromatic N) is 3. The number of methoxy groups -OCH3 is 1. The zero-order valence-corrected chi connectivity index (χ0v) is 19.8. The van der Waals surface area contributed by atoms with Crippen molar-refractivity contribution in [3.05, 3.63) is 95.3 Å². The normalized spacial score (nSPS) is 13.7. The number of carbonyl (C=O) groups excluding carboxylic acids is 2. The van der Waals surface area contributed by atoms with Gasteiger partial charge in [-0.15, -0.1) is 0 Å². The molecule has 0 saturated heterocycles. The zero-order chi connectivity index (χ0) is 26.2. The summed E-state index contributed by atoms with van der Waals surface area (Å²) in [4.78, 5) is 26.7. The lowest BCUT2D eigenvalue weighted by molar-refractivity contribution is -0.142. The molecular formula is C28H22F3N3O3. The van der Waals surface area contributed by atoms with Crippen LogP contribution in [0.15, 0.2) is 72.8 Å². The van der Waals surface area contributed by atoms with Gasteiger partial charge in [0.1, 0.15) is 11.4 Å². The minimum atomic E-state index is -4.70. The number of rotatable bonds is 5. The van der Waals surface area contributed by atoms with E-state index in [2.05, 4.69) is 5.10 Å². The predicted molar refractivity (Wildman–Crippen MR) is 132 cm³/mol. The van der Waals surface area contributed by atoms with Gasteiger partial charge in [-0.3, -0.25) is 9.59 Å². The Kier molecular flexibility index (Phi) is 6.29. The van der Waals surface area contributed by atoms with Crippen molar-refractivity contribution in [2.45, 2.75) is 19.0 Å². The lowest BCUT2D eigenvalue weighted by Crippen LogP contribution is -2.32. The number of alkyl halides is 3. The van der Waals surface area contributed by atoms with Crippen molar-refractivity contribution < 1.29 is 27.5 Å². The summed E-state index contributed by atoms with van der Waals surface area (Å²) in [5, 5.41) is 3.85. The van der Waals surface area contributed by atoms with E-state index in [0.717, 1.165) is 22.1 Å². The van der Waals surface area contributed by atoms with Crippen molar-refractivity contribution in [2.24, 2.45) is 0 Å². The fourth-order valence-electron chi connectivity index (χ4n) is 4.62. The first-order valence-corrected chi connectivity index (χ1v) is 11.6. The second-order valence-corrected chi connectivity index (χ2v) is 8.60. The maximum atomic E-state index is 13.9. The third kappa shape index (κ3) is 4.48. The summed E-state index contributed by atoms with van der Waals surface area (Å²) < 4.78 is 48.0. The van der Waals surface area contributed by atoms with Gasteiger partial charge in [0.25, 0.3) is 5.91 Å². The van der Waals surface area contributed by atoms with Crippen molar-refractivity contribution in [3.63, 3.8) is 0 Å². The SMILES string of the molecule is COc1ccc(-n2nc(C(F)(F)F)c3c2C(=O)N(c2ccc(-c4ccccc4C=O)cc2)CCC3)cc1. The van der Waals surface area contributed by atoms with Crippen LogP contribution in [0, 0.1) is 0 Å². The molecule has 0 N–H and O–H groups in total. The van der Waals surface area contributed by atoms with Crippen LogP contribution < -0.4 is 9.64 Å². The number of anilines is 1. The summed E-state index contributed by atoms with van der Waals surface area (Å²) in [6, 6.07) is 20.5. The monoisotopic (exact) mass is 505 g/mol. The number of amides is 1. The first-order chi connectivity index (χ1) is 17.8. The lowest BCUT2D eigenvalue weighted by atomic mass is 10.00. The van der Waals surface area contributed by atoms with Crippen LogP contribution in [-0.4, -0.2) is 35.6 Å². The van der Waals surface area contributed by atoms with Gasteiger partial charge in [-0.05, 0) is 60.4 Å². The Morgan fingerprint density at radius 3 is 2.27 bits per heavy atom. The lowest BCUT2D eigenvalue weighted by Gasteiger charge is -2.22. The molecule has 0 radical (unpaired) electrons. The molecule has 1 amide bonds. The summed E-state index contributed by atoms with van der Waals surface area (Å²) in [6.45, 7) is 0.248. The Morgan fingerprint density at radius 1 is 0.946 bits per heavy atom. The average molecular weight is 505 g/mol. The number of hydrogen-bond donors (Lipinski definition) is 0. The number of halogens is 3. The number of aromatic nitrogens is 2. The molecule has 9 heteroatoms. The van der Waals surface area contributed by atoms with Gasteiger partial charge in [0.2, 0.25) is 0 Å². The number of fused-ring (bicyclic) bond motifs is 1. The van der Waals surface area contributed by atoms with Gasteiger partial charge in [-0.2, -0.15) is 18.3 Å². The molecule has 0 bridgehead atoms. The molecule has 4 aromatic rings. The van der Waals surface area contributed by atoms with Crippen molar-refractivity contribution in [2.75, 3.05) is 18.6 Å². The van der Waals surface area contributed by atoms with E-state index in [-0.39, 0.29) is 24.2 Å². The number of ether oxygens (including phenoxy) is 1.